The van der Waals surface area contributed by atoms with Crippen LogP contribution in [0.4, 0.5) is 0 Å². The standard InChI is InChI=1S/C37H72O4/c1-2-3-4-5-6-7-8-9-10-11-12-13-14-15-16-17-18-19-20-21-22-23-24-25-26-27-28-29-30-31-32-33-34-35(36(38)39)37(40)41/h35H,2-34H2,1H3,(H,38,39)(H,40,41). The lowest BCUT2D eigenvalue weighted by Crippen LogP contribution is -2.23. The Morgan fingerprint density at radius 2 is 0.512 bits per heavy atom. The maximum Gasteiger partial charge on any atom is 0.317 e. The zero-order valence-corrected chi connectivity index (χ0v) is 27.6. The predicted octanol–water partition coefficient (Wildman–Crippen LogP) is 12.7. The lowest BCUT2D eigenvalue weighted by molar-refractivity contribution is -0.154. The molecule has 4 nitrogen and oxygen atoms in total. The Bertz CT molecular complexity index is 533. The number of aliphatic carboxylic acids is 2. The highest BCUT2D eigenvalue weighted by Crippen LogP contribution is 2.17. The van der Waals surface area contributed by atoms with Crippen LogP contribution in [0.15, 0.2) is 0 Å². The molecule has 0 aromatic carbocycles. The van der Waals surface area contributed by atoms with Crippen molar-refractivity contribution >= 4 is 11.9 Å². The normalized spacial score (nSPS) is 11.5. The third-order valence-electron chi connectivity index (χ3n) is 8.94. The molecule has 0 amide bonds. The summed E-state index contributed by atoms with van der Waals surface area (Å²) in [6.07, 6.45) is 44.0. The summed E-state index contributed by atoms with van der Waals surface area (Å²) in [6.45, 7) is 2.30. The lowest BCUT2D eigenvalue weighted by Gasteiger charge is -2.07. The van der Waals surface area contributed by atoms with Crippen molar-refractivity contribution in [3.63, 3.8) is 0 Å². The highest BCUT2D eigenvalue weighted by molar-refractivity contribution is 5.92. The quantitative estimate of drug-likeness (QED) is 0.0577. The van der Waals surface area contributed by atoms with Gasteiger partial charge < -0.3 is 10.2 Å². The van der Waals surface area contributed by atoms with Crippen molar-refractivity contribution < 1.29 is 19.8 Å². The van der Waals surface area contributed by atoms with Crippen molar-refractivity contribution in [2.45, 2.75) is 219 Å². The summed E-state index contributed by atoms with van der Waals surface area (Å²) in [4.78, 5) is 21.7. The molecule has 0 bridgehead atoms. The fraction of sp³-hybridized carbons (Fsp3) is 0.946. The van der Waals surface area contributed by atoms with Crippen molar-refractivity contribution in [1.29, 1.82) is 0 Å². The number of unbranched alkanes of at least 4 members (excludes halogenated alkanes) is 31. The zero-order chi connectivity index (χ0) is 30.1. The summed E-state index contributed by atoms with van der Waals surface area (Å²) in [5, 5.41) is 17.8. The predicted molar refractivity (Wildman–Crippen MR) is 177 cm³/mol. The van der Waals surface area contributed by atoms with E-state index < -0.39 is 17.9 Å². The average Bonchev–Trinajstić information content (AvgIpc) is 2.95. The Hall–Kier alpha value is -1.06. The van der Waals surface area contributed by atoms with Crippen molar-refractivity contribution in [3.05, 3.63) is 0 Å². The first-order valence-corrected chi connectivity index (χ1v) is 18.5. The SMILES string of the molecule is CCCCCCCCCCCCCCCCCCCCCCCCCCCCCCCCCCC(C(=O)O)C(=O)O. The summed E-state index contributed by atoms with van der Waals surface area (Å²) in [5.41, 5.74) is 0. The first kappa shape index (κ1) is 39.9. The van der Waals surface area contributed by atoms with Crippen LogP contribution in [0.3, 0.4) is 0 Å². The van der Waals surface area contributed by atoms with Gasteiger partial charge in [-0.15, -0.1) is 0 Å². The molecule has 0 aromatic rings. The second-order valence-electron chi connectivity index (χ2n) is 13.0. The first-order chi connectivity index (χ1) is 20.1. The molecule has 0 aliphatic carbocycles. The zero-order valence-electron chi connectivity index (χ0n) is 27.6. The number of rotatable bonds is 35. The van der Waals surface area contributed by atoms with E-state index in [9.17, 15) is 9.59 Å². The van der Waals surface area contributed by atoms with Crippen LogP contribution in [0, 0.1) is 5.92 Å². The van der Waals surface area contributed by atoms with Gasteiger partial charge in [0.05, 0.1) is 0 Å². The van der Waals surface area contributed by atoms with Crippen LogP contribution < -0.4 is 0 Å². The maximum atomic E-state index is 10.9. The second kappa shape index (κ2) is 33.4. The van der Waals surface area contributed by atoms with Crippen LogP contribution >= 0.6 is 0 Å². The Morgan fingerprint density at radius 1 is 0.341 bits per heavy atom. The van der Waals surface area contributed by atoms with E-state index in [1.165, 1.54) is 186 Å². The van der Waals surface area contributed by atoms with Crippen LogP contribution in [0.25, 0.3) is 0 Å². The lowest BCUT2D eigenvalue weighted by atomic mass is 10.00. The Morgan fingerprint density at radius 3 is 0.683 bits per heavy atom. The van der Waals surface area contributed by atoms with E-state index in [1.54, 1.807) is 0 Å². The number of carbonyl (C=O) groups is 2. The third-order valence-corrected chi connectivity index (χ3v) is 8.94. The molecule has 0 spiro atoms. The summed E-state index contributed by atoms with van der Waals surface area (Å²) >= 11 is 0. The summed E-state index contributed by atoms with van der Waals surface area (Å²) in [7, 11) is 0. The van der Waals surface area contributed by atoms with E-state index >= 15 is 0 Å². The molecule has 0 unspecified atom stereocenters. The molecule has 0 atom stereocenters. The largest absolute Gasteiger partial charge is 0.481 e. The molecule has 0 rings (SSSR count). The molecule has 0 heterocycles. The minimum absolute atomic E-state index is 0.254. The smallest absolute Gasteiger partial charge is 0.317 e. The van der Waals surface area contributed by atoms with Crippen molar-refractivity contribution in [2.75, 3.05) is 0 Å². The van der Waals surface area contributed by atoms with E-state index in [0.29, 0.717) is 6.42 Å². The molecule has 0 aromatic heterocycles. The number of carboxylic acids is 2. The topological polar surface area (TPSA) is 74.6 Å². The van der Waals surface area contributed by atoms with Crippen LogP contribution in [0.2, 0.25) is 0 Å². The molecule has 2 N–H and O–H groups in total. The Balaban J connectivity index is 3.12. The van der Waals surface area contributed by atoms with Crippen LogP contribution in [-0.4, -0.2) is 22.2 Å². The fourth-order valence-corrected chi connectivity index (χ4v) is 6.08. The van der Waals surface area contributed by atoms with Crippen LogP contribution in [0.5, 0.6) is 0 Å². The van der Waals surface area contributed by atoms with E-state index in [1.807, 2.05) is 0 Å². The van der Waals surface area contributed by atoms with Gasteiger partial charge in [-0.3, -0.25) is 9.59 Å². The van der Waals surface area contributed by atoms with Gasteiger partial charge in [0.1, 0.15) is 0 Å². The maximum absolute atomic E-state index is 10.9. The molecule has 0 aliphatic heterocycles. The minimum atomic E-state index is -1.23. The molecule has 41 heavy (non-hydrogen) atoms. The number of hydrogen-bond acceptors (Lipinski definition) is 2. The van der Waals surface area contributed by atoms with E-state index in [0.717, 1.165) is 12.8 Å². The fourth-order valence-electron chi connectivity index (χ4n) is 6.08. The highest BCUT2D eigenvalue weighted by atomic mass is 16.4. The van der Waals surface area contributed by atoms with E-state index in [4.69, 9.17) is 10.2 Å². The number of carboxylic acid groups (broad SMARTS) is 2. The molecule has 4 heteroatoms. The molecular formula is C37H72O4. The summed E-state index contributed by atoms with van der Waals surface area (Å²) < 4.78 is 0. The van der Waals surface area contributed by atoms with Crippen molar-refractivity contribution in [2.24, 2.45) is 5.92 Å². The van der Waals surface area contributed by atoms with Gasteiger partial charge in [-0.25, -0.2) is 0 Å². The van der Waals surface area contributed by atoms with Gasteiger partial charge in [-0.1, -0.05) is 212 Å². The van der Waals surface area contributed by atoms with Gasteiger partial charge in [-0.2, -0.15) is 0 Å². The molecule has 244 valence electrons. The van der Waals surface area contributed by atoms with Crippen LogP contribution in [-0.2, 0) is 9.59 Å². The number of hydrogen-bond donors (Lipinski definition) is 2. The summed E-state index contributed by atoms with van der Waals surface area (Å²) in [5.74, 6) is -3.65. The van der Waals surface area contributed by atoms with Gasteiger partial charge in [0.15, 0.2) is 5.92 Å². The van der Waals surface area contributed by atoms with Crippen LogP contribution in [0.1, 0.15) is 219 Å². The average molecular weight is 581 g/mol. The Labute approximate surface area is 256 Å². The molecule has 0 saturated carbocycles. The molecular weight excluding hydrogens is 508 g/mol. The first-order valence-electron chi connectivity index (χ1n) is 18.5. The van der Waals surface area contributed by atoms with E-state index in [2.05, 4.69) is 6.92 Å². The van der Waals surface area contributed by atoms with Gasteiger partial charge in [-0.05, 0) is 6.42 Å². The van der Waals surface area contributed by atoms with Gasteiger partial charge in [0.2, 0.25) is 0 Å². The van der Waals surface area contributed by atoms with E-state index in [-0.39, 0.29) is 6.42 Å². The van der Waals surface area contributed by atoms with Crippen molar-refractivity contribution in [3.8, 4) is 0 Å². The second-order valence-corrected chi connectivity index (χ2v) is 13.0. The van der Waals surface area contributed by atoms with Gasteiger partial charge >= 0.3 is 11.9 Å². The van der Waals surface area contributed by atoms with Gasteiger partial charge in [0, 0.05) is 0 Å². The van der Waals surface area contributed by atoms with Gasteiger partial charge in [0.25, 0.3) is 0 Å². The molecule has 0 saturated heterocycles. The Kier molecular flexibility index (Phi) is 32.6. The highest BCUT2D eigenvalue weighted by Gasteiger charge is 2.24. The minimum Gasteiger partial charge on any atom is -0.481 e. The molecule has 0 fully saturated rings. The molecule has 0 radical (unpaired) electrons. The third kappa shape index (κ3) is 31.7. The monoisotopic (exact) mass is 581 g/mol. The van der Waals surface area contributed by atoms with Crippen molar-refractivity contribution in [1.82, 2.24) is 0 Å². The molecule has 0 aliphatic rings. The summed E-state index contributed by atoms with van der Waals surface area (Å²) in [6, 6.07) is 0.